The Labute approximate surface area is 280 Å². The summed E-state index contributed by atoms with van der Waals surface area (Å²) in [6, 6.07) is 31.4. The third-order valence-corrected chi connectivity index (χ3v) is 7.39. The fourth-order valence-corrected chi connectivity index (χ4v) is 4.25. The maximum Gasteiger partial charge on any atom is 0.123 e. The zero-order valence-electron chi connectivity index (χ0n) is 29.3. The second-order valence-corrected chi connectivity index (χ2v) is 12.1. The summed E-state index contributed by atoms with van der Waals surface area (Å²) in [5.74, 6) is 1.37. The number of aryl methyl sites for hydroxylation is 1. The fourth-order valence-electron chi connectivity index (χ4n) is 4.25. The number of aldehydes is 1. The van der Waals surface area contributed by atoms with Crippen LogP contribution in [0.25, 0.3) is 22.4 Å². The van der Waals surface area contributed by atoms with Gasteiger partial charge in [0.25, 0.3) is 0 Å². The average Bonchev–Trinajstić information content (AvgIpc) is 3.95. The number of hydrogen-bond acceptors (Lipinski definition) is 2. The second kappa shape index (κ2) is 23.4. The summed E-state index contributed by atoms with van der Waals surface area (Å²) < 4.78 is 5.69. The molecular weight excluding hydrogens is 560 g/mol. The van der Waals surface area contributed by atoms with Gasteiger partial charge in [-0.25, -0.2) is 0 Å². The zero-order valence-corrected chi connectivity index (χ0v) is 29.3. The van der Waals surface area contributed by atoms with Crippen LogP contribution in [0.2, 0.25) is 0 Å². The van der Waals surface area contributed by atoms with Gasteiger partial charge in [-0.2, -0.15) is 0 Å². The summed E-state index contributed by atoms with van der Waals surface area (Å²) in [6.07, 6.45) is 18.2. The number of ether oxygens (including phenoxy) is 1. The van der Waals surface area contributed by atoms with Gasteiger partial charge in [-0.15, -0.1) is 0 Å². The van der Waals surface area contributed by atoms with E-state index in [0.717, 1.165) is 54.6 Å². The van der Waals surface area contributed by atoms with Crippen LogP contribution in [-0.2, 0) is 4.79 Å². The molecular formula is C44H58O2. The van der Waals surface area contributed by atoms with Crippen LogP contribution in [0.1, 0.15) is 114 Å². The Morgan fingerprint density at radius 3 is 1.93 bits per heavy atom. The van der Waals surface area contributed by atoms with Crippen molar-refractivity contribution in [1.82, 2.24) is 0 Å². The van der Waals surface area contributed by atoms with E-state index in [1.165, 1.54) is 66.8 Å². The van der Waals surface area contributed by atoms with Gasteiger partial charge in [-0.05, 0) is 89.4 Å². The van der Waals surface area contributed by atoms with Gasteiger partial charge in [-0.3, -0.25) is 0 Å². The van der Waals surface area contributed by atoms with Crippen molar-refractivity contribution in [2.75, 3.05) is 6.61 Å². The third kappa shape index (κ3) is 15.4. The van der Waals surface area contributed by atoms with E-state index < -0.39 is 0 Å². The molecule has 6 rings (SSSR count). The van der Waals surface area contributed by atoms with Crippen LogP contribution < -0.4 is 4.74 Å². The number of rotatable bonds is 9. The number of carbonyl (C=O) groups is 1. The highest BCUT2D eigenvalue weighted by atomic mass is 16.5. The average molecular weight is 619 g/mol. The van der Waals surface area contributed by atoms with Crippen molar-refractivity contribution >= 4 is 28.7 Å². The standard InChI is InChI=1S/C21H20O.C12H16.C5H8O.C3H6.C3H8/c1-3-13-22-21-12-11-19-14-18(9-10-20(19)15-21)16(2)17-7-5-4-6-8-17;1-3-4-5-9-12-10-7-6-8-11(12)2;6-4-5-2-1-3-5;1-2-3-1;1-3-2/h4-12,14-15H,2-3,13H2,1H3;5-10H,3-4H2,1-2H3;4-5H,1-3H2;1-3H2;3H2,1-2H3/b;9-5-;;;. The number of fused-ring (bicyclic) bond motifs is 1. The molecule has 246 valence electrons. The molecule has 2 nitrogen and oxygen atoms in total. The Kier molecular flexibility index (Phi) is 19.5. The molecule has 0 atom stereocenters. The molecule has 0 unspecified atom stereocenters. The second-order valence-electron chi connectivity index (χ2n) is 12.1. The molecule has 0 heterocycles. The van der Waals surface area contributed by atoms with Gasteiger partial charge < -0.3 is 9.53 Å². The van der Waals surface area contributed by atoms with E-state index in [1.807, 2.05) is 24.3 Å². The van der Waals surface area contributed by atoms with Crippen molar-refractivity contribution in [2.45, 2.75) is 98.8 Å². The number of benzene rings is 4. The minimum absolute atomic E-state index is 0.435. The maximum atomic E-state index is 9.79. The van der Waals surface area contributed by atoms with Crippen LogP contribution in [0.5, 0.6) is 5.75 Å². The third-order valence-electron chi connectivity index (χ3n) is 7.39. The van der Waals surface area contributed by atoms with Gasteiger partial charge >= 0.3 is 0 Å². The Morgan fingerprint density at radius 2 is 1.39 bits per heavy atom. The SMILES string of the molecule is C1CC1.C=C(c1ccccc1)c1ccc2cc(OCCC)ccc2c1.CCC.CCC/C=C\c1ccccc1C.O=CC1CCC1. The molecule has 2 saturated carbocycles. The smallest absolute Gasteiger partial charge is 0.123 e. The molecule has 0 amide bonds. The molecule has 46 heavy (non-hydrogen) atoms. The summed E-state index contributed by atoms with van der Waals surface area (Å²) in [7, 11) is 0. The lowest BCUT2D eigenvalue weighted by molar-refractivity contribution is -0.113. The number of carbonyl (C=O) groups excluding carboxylic acids is 1. The first-order valence-electron chi connectivity index (χ1n) is 17.6. The molecule has 2 aliphatic rings. The highest BCUT2D eigenvalue weighted by Crippen LogP contribution is 2.27. The number of unbranched alkanes of at least 4 members (excludes halogenated alkanes) is 1. The lowest BCUT2D eigenvalue weighted by atomic mass is 9.87. The Balaban J connectivity index is 0.000000254. The minimum Gasteiger partial charge on any atom is -0.494 e. The van der Waals surface area contributed by atoms with Crippen molar-refractivity contribution in [2.24, 2.45) is 5.92 Å². The highest BCUT2D eigenvalue weighted by Gasteiger charge is 2.14. The topological polar surface area (TPSA) is 26.3 Å². The Hall–Kier alpha value is -3.91. The van der Waals surface area contributed by atoms with Crippen molar-refractivity contribution in [3.05, 3.63) is 126 Å². The molecule has 0 aliphatic heterocycles. The minimum atomic E-state index is 0.435. The summed E-state index contributed by atoms with van der Waals surface area (Å²) >= 11 is 0. The van der Waals surface area contributed by atoms with Crippen molar-refractivity contribution in [3.63, 3.8) is 0 Å². The first kappa shape index (κ1) is 38.3. The van der Waals surface area contributed by atoms with Crippen LogP contribution in [-0.4, -0.2) is 12.9 Å². The van der Waals surface area contributed by atoms with E-state index in [9.17, 15) is 4.79 Å². The monoisotopic (exact) mass is 618 g/mol. The lowest BCUT2D eigenvalue weighted by Gasteiger charge is -2.17. The van der Waals surface area contributed by atoms with Gasteiger partial charge in [0.15, 0.2) is 0 Å². The van der Waals surface area contributed by atoms with Gasteiger partial charge in [0.1, 0.15) is 12.0 Å². The quantitative estimate of drug-likeness (QED) is 0.174. The molecule has 4 aromatic carbocycles. The van der Waals surface area contributed by atoms with Gasteiger partial charge in [0, 0.05) is 5.92 Å². The largest absolute Gasteiger partial charge is 0.494 e. The summed E-state index contributed by atoms with van der Waals surface area (Å²) in [5, 5.41) is 2.40. The van der Waals surface area contributed by atoms with Crippen LogP contribution in [0.3, 0.4) is 0 Å². The van der Waals surface area contributed by atoms with E-state index in [1.54, 1.807) is 0 Å². The predicted molar refractivity (Wildman–Crippen MR) is 203 cm³/mol. The molecule has 4 aromatic rings. The Morgan fingerprint density at radius 1 is 0.761 bits per heavy atom. The van der Waals surface area contributed by atoms with Crippen LogP contribution >= 0.6 is 0 Å². The molecule has 0 saturated heterocycles. The first-order chi connectivity index (χ1) is 22.5. The maximum absolute atomic E-state index is 9.79. The zero-order chi connectivity index (χ0) is 33.4. The van der Waals surface area contributed by atoms with Crippen LogP contribution in [0.15, 0.2) is 104 Å². The number of hydrogen-bond donors (Lipinski definition) is 0. The fraction of sp³-hybridized carbons (Fsp3) is 0.386. The van der Waals surface area contributed by atoms with E-state index in [-0.39, 0.29) is 0 Å². The summed E-state index contributed by atoms with van der Waals surface area (Å²) in [4.78, 5) is 9.79. The molecule has 0 bridgehead atoms. The summed E-state index contributed by atoms with van der Waals surface area (Å²) in [5.41, 5.74) is 6.05. The molecule has 0 spiro atoms. The van der Waals surface area contributed by atoms with E-state index in [0.29, 0.717) is 5.92 Å². The Bertz CT molecular complexity index is 1420. The predicted octanol–water partition coefficient (Wildman–Crippen LogP) is 13.1. The first-order valence-corrected chi connectivity index (χ1v) is 17.6. The molecule has 2 heteroatoms. The van der Waals surface area contributed by atoms with Gasteiger partial charge in [0.2, 0.25) is 0 Å². The molecule has 2 fully saturated rings. The molecule has 0 aromatic heterocycles. The highest BCUT2D eigenvalue weighted by molar-refractivity contribution is 5.89. The molecule has 2 aliphatic carbocycles. The van der Waals surface area contributed by atoms with E-state index in [4.69, 9.17) is 4.74 Å². The van der Waals surface area contributed by atoms with E-state index in [2.05, 4.69) is 120 Å². The van der Waals surface area contributed by atoms with Crippen molar-refractivity contribution in [3.8, 4) is 5.75 Å². The summed E-state index contributed by atoms with van der Waals surface area (Å²) in [6.45, 7) is 15.7. The normalized spacial score (nSPS) is 12.8. The molecule has 0 radical (unpaired) electrons. The van der Waals surface area contributed by atoms with E-state index >= 15 is 0 Å². The van der Waals surface area contributed by atoms with Crippen LogP contribution in [0.4, 0.5) is 0 Å². The van der Waals surface area contributed by atoms with Crippen molar-refractivity contribution in [1.29, 1.82) is 0 Å². The van der Waals surface area contributed by atoms with Gasteiger partial charge in [0.05, 0.1) is 6.61 Å². The van der Waals surface area contributed by atoms with Gasteiger partial charge in [-0.1, -0.05) is 158 Å². The molecule has 0 N–H and O–H groups in total. The lowest BCUT2D eigenvalue weighted by Crippen LogP contribution is -2.10. The van der Waals surface area contributed by atoms with Crippen LogP contribution in [0, 0.1) is 12.8 Å². The van der Waals surface area contributed by atoms with Crippen molar-refractivity contribution < 1.29 is 9.53 Å². The number of allylic oxidation sites excluding steroid dienone is 1.